The fraction of sp³-hybridized carbons (Fsp3) is 0.308. The summed E-state index contributed by atoms with van der Waals surface area (Å²) >= 11 is 1.28. The number of carbonyl (C=O) groups is 2. The summed E-state index contributed by atoms with van der Waals surface area (Å²) in [7, 11) is 4.59. The van der Waals surface area contributed by atoms with E-state index in [1.165, 1.54) is 44.3 Å². The van der Waals surface area contributed by atoms with Crippen LogP contribution in [0.1, 0.15) is 34.0 Å². The SMILES string of the molecule is COc1cc(/C=C/C(=O)Nc2nnc(C3CC(=O)N(c4ccc(C)c(C)c4)C3)s2)cc(OC)c1OC. The standard InChI is InChI=1S/C26H28N4O5S/c1-15-6-8-19(10-16(15)2)30-14-18(13-23(30)32)25-28-29-26(36-25)27-22(31)9-7-17-11-20(33-3)24(35-5)21(12-17)34-4/h6-12,18H,13-14H2,1-5H3,(H,27,29,31)/b9-7+. The fourth-order valence-corrected chi connectivity index (χ4v) is 4.82. The van der Waals surface area contributed by atoms with Gasteiger partial charge in [0.15, 0.2) is 11.5 Å². The van der Waals surface area contributed by atoms with Crippen LogP contribution in [0.25, 0.3) is 6.08 Å². The van der Waals surface area contributed by atoms with Gasteiger partial charge in [-0.3, -0.25) is 14.9 Å². The van der Waals surface area contributed by atoms with Crippen LogP contribution >= 0.6 is 11.3 Å². The predicted molar refractivity (Wildman–Crippen MR) is 139 cm³/mol. The zero-order valence-electron chi connectivity index (χ0n) is 20.8. The molecule has 1 fully saturated rings. The summed E-state index contributed by atoms with van der Waals surface area (Å²) in [5.41, 5.74) is 3.92. The summed E-state index contributed by atoms with van der Waals surface area (Å²) in [5.74, 6) is 1.09. The number of hydrogen-bond acceptors (Lipinski definition) is 8. The van der Waals surface area contributed by atoms with Crippen molar-refractivity contribution in [3.05, 3.63) is 58.1 Å². The summed E-state index contributed by atoms with van der Waals surface area (Å²) < 4.78 is 16.0. The molecule has 1 aliphatic heterocycles. The van der Waals surface area contributed by atoms with Crippen LogP contribution in [0, 0.1) is 13.8 Å². The Kier molecular flexibility index (Phi) is 7.54. The number of aromatic nitrogens is 2. The van der Waals surface area contributed by atoms with E-state index in [-0.39, 0.29) is 17.7 Å². The first kappa shape index (κ1) is 25.2. The summed E-state index contributed by atoms with van der Waals surface area (Å²) in [4.78, 5) is 26.9. The molecule has 3 aromatic rings. The molecule has 2 amide bonds. The van der Waals surface area contributed by atoms with Gasteiger partial charge in [-0.05, 0) is 60.9 Å². The van der Waals surface area contributed by atoms with Crippen LogP contribution < -0.4 is 24.4 Å². The maximum atomic E-state index is 12.7. The largest absolute Gasteiger partial charge is 0.493 e. The van der Waals surface area contributed by atoms with Gasteiger partial charge in [-0.15, -0.1) is 10.2 Å². The van der Waals surface area contributed by atoms with Crippen LogP contribution in [-0.4, -0.2) is 49.9 Å². The lowest BCUT2D eigenvalue weighted by Crippen LogP contribution is -2.24. The third-order valence-corrected chi connectivity index (χ3v) is 7.06. The molecule has 0 radical (unpaired) electrons. The second kappa shape index (κ2) is 10.8. The van der Waals surface area contributed by atoms with Crippen molar-refractivity contribution in [2.24, 2.45) is 0 Å². The topological polar surface area (TPSA) is 103 Å². The van der Waals surface area contributed by atoms with Gasteiger partial charge in [-0.1, -0.05) is 17.4 Å². The zero-order chi connectivity index (χ0) is 25.8. The zero-order valence-corrected chi connectivity index (χ0v) is 21.6. The molecule has 9 nitrogen and oxygen atoms in total. The first-order valence-corrected chi connectivity index (χ1v) is 12.1. The normalized spacial score (nSPS) is 15.4. The van der Waals surface area contributed by atoms with E-state index in [4.69, 9.17) is 14.2 Å². The summed E-state index contributed by atoms with van der Waals surface area (Å²) in [6.45, 7) is 4.61. The molecule has 1 saturated heterocycles. The molecular weight excluding hydrogens is 480 g/mol. The minimum atomic E-state index is -0.356. The minimum Gasteiger partial charge on any atom is -0.493 e. The smallest absolute Gasteiger partial charge is 0.250 e. The molecule has 1 N–H and O–H groups in total. The highest BCUT2D eigenvalue weighted by molar-refractivity contribution is 7.15. The van der Waals surface area contributed by atoms with Gasteiger partial charge < -0.3 is 19.1 Å². The average Bonchev–Trinajstić information content (AvgIpc) is 3.50. The molecule has 36 heavy (non-hydrogen) atoms. The molecule has 0 saturated carbocycles. The first-order chi connectivity index (χ1) is 17.3. The van der Waals surface area contributed by atoms with E-state index in [1.54, 1.807) is 23.1 Å². The number of aryl methyl sites for hydroxylation is 2. The molecule has 0 aliphatic carbocycles. The number of carbonyl (C=O) groups excluding carboxylic acids is 2. The predicted octanol–water partition coefficient (Wildman–Crippen LogP) is 4.35. The Morgan fingerprint density at radius 2 is 1.78 bits per heavy atom. The van der Waals surface area contributed by atoms with Crippen molar-refractivity contribution in [3.63, 3.8) is 0 Å². The second-order valence-electron chi connectivity index (χ2n) is 8.40. The molecule has 0 spiro atoms. The van der Waals surface area contributed by atoms with Crippen molar-refractivity contribution >= 4 is 40.0 Å². The highest BCUT2D eigenvalue weighted by Crippen LogP contribution is 2.38. The third kappa shape index (κ3) is 5.33. The van der Waals surface area contributed by atoms with E-state index in [9.17, 15) is 9.59 Å². The fourth-order valence-electron chi connectivity index (χ4n) is 3.98. The molecule has 4 rings (SSSR count). The Morgan fingerprint density at radius 1 is 1.06 bits per heavy atom. The van der Waals surface area contributed by atoms with Gasteiger partial charge in [0.05, 0.1) is 21.3 Å². The van der Waals surface area contributed by atoms with E-state index >= 15 is 0 Å². The lowest BCUT2D eigenvalue weighted by Gasteiger charge is -2.17. The Labute approximate surface area is 213 Å². The van der Waals surface area contributed by atoms with E-state index in [2.05, 4.69) is 15.5 Å². The first-order valence-electron chi connectivity index (χ1n) is 11.3. The van der Waals surface area contributed by atoms with Gasteiger partial charge in [0.1, 0.15) is 5.01 Å². The number of ether oxygens (including phenoxy) is 3. The maximum absolute atomic E-state index is 12.7. The van der Waals surface area contributed by atoms with Crippen molar-refractivity contribution in [3.8, 4) is 17.2 Å². The molecular formula is C26H28N4O5S. The highest BCUT2D eigenvalue weighted by Gasteiger charge is 2.34. The molecule has 2 aromatic carbocycles. The Balaban J connectivity index is 1.41. The number of methoxy groups -OCH3 is 3. The summed E-state index contributed by atoms with van der Waals surface area (Å²) in [5, 5.41) is 12.2. The molecule has 188 valence electrons. The van der Waals surface area contributed by atoms with Crippen molar-refractivity contribution in [2.45, 2.75) is 26.2 Å². The van der Waals surface area contributed by atoms with Crippen LogP contribution in [0.3, 0.4) is 0 Å². The number of hydrogen-bond donors (Lipinski definition) is 1. The number of rotatable bonds is 8. The summed E-state index contributed by atoms with van der Waals surface area (Å²) in [6, 6.07) is 9.50. The monoisotopic (exact) mass is 508 g/mol. The molecule has 0 bridgehead atoms. The number of anilines is 2. The molecule has 1 aromatic heterocycles. The van der Waals surface area contributed by atoms with Gasteiger partial charge in [-0.2, -0.15) is 0 Å². The van der Waals surface area contributed by atoms with Gasteiger partial charge in [-0.25, -0.2) is 0 Å². The molecule has 10 heteroatoms. The quantitative estimate of drug-likeness (QED) is 0.451. The van der Waals surface area contributed by atoms with Crippen LogP contribution in [-0.2, 0) is 9.59 Å². The summed E-state index contributed by atoms with van der Waals surface area (Å²) in [6.07, 6.45) is 3.39. The van der Waals surface area contributed by atoms with Gasteiger partial charge >= 0.3 is 0 Å². The average molecular weight is 509 g/mol. The Bertz CT molecular complexity index is 1290. The number of nitrogens with zero attached hydrogens (tertiary/aromatic N) is 3. The van der Waals surface area contributed by atoms with Crippen LogP contribution in [0.5, 0.6) is 17.2 Å². The van der Waals surface area contributed by atoms with E-state index in [0.29, 0.717) is 40.9 Å². The third-order valence-electron chi connectivity index (χ3n) is 6.06. The molecule has 2 heterocycles. The van der Waals surface area contributed by atoms with Crippen LogP contribution in [0.4, 0.5) is 10.8 Å². The number of amides is 2. The minimum absolute atomic E-state index is 0.0531. The van der Waals surface area contributed by atoms with Crippen LogP contribution in [0.15, 0.2) is 36.4 Å². The lowest BCUT2D eigenvalue weighted by molar-refractivity contribution is -0.117. The molecule has 1 atom stereocenters. The highest BCUT2D eigenvalue weighted by atomic mass is 32.1. The number of benzene rings is 2. The lowest BCUT2D eigenvalue weighted by atomic mass is 10.1. The Hall–Kier alpha value is -3.92. The maximum Gasteiger partial charge on any atom is 0.250 e. The van der Waals surface area contributed by atoms with Crippen molar-refractivity contribution in [1.29, 1.82) is 0 Å². The van der Waals surface area contributed by atoms with Crippen molar-refractivity contribution < 1.29 is 23.8 Å². The van der Waals surface area contributed by atoms with Crippen LogP contribution in [0.2, 0.25) is 0 Å². The van der Waals surface area contributed by atoms with E-state index in [0.717, 1.165) is 16.3 Å². The van der Waals surface area contributed by atoms with Gasteiger partial charge in [0, 0.05) is 30.6 Å². The molecule has 1 unspecified atom stereocenters. The second-order valence-corrected chi connectivity index (χ2v) is 9.41. The van der Waals surface area contributed by atoms with E-state index in [1.807, 2.05) is 32.0 Å². The van der Waals surface area contributed by atoms with E-state index < -0.39 is 0 Å². The van der Waals surface area contributed by atoms with Gasteiger partial charge in [0.25, 0.3) is 0 Å². The number of nitrogens with one attached hydrogen (secondary N) is 1. The van der Waals surface area contributed by atoms with Gasteiger partial charge in [0.2, 0.25) is 22.7 Å². The van der Waals surface area contributed by atoms with Crippen molar-refractivity contribution in [2.75, 3.05) is 38.1 Å². The Morgan fingerprint density at radius 3 is 2.42 bits per heavy atom. The van der Waals surface area contributed by atoms with Crippen molar-refractivity contribution in [1.82, 2.24) is 10.2 Å². The molecule has 1 aliphatic rings.